The summed E-state index contributed by atoms with van der Waals surface area (Å²) in [5.74, 6) is -0.399. The van der Waals surface area contributed by atoms with Gasteiger partial charge in [0.05, 0.1) is 5.41 Å². The monoisotopic (exact) mass is 350 g/mol. The van der Waals surface area contributed by atoms with E-state index in [1.807, 2.05) is 0 Å². The Labute approximate surface area is 140 Å². The highest BCUT2D eigenvalue weighted by Crippen LogP contribution is 2.29. The molecule has 0 saturated carbocycles. The summed E-state index contributed by atoms with van der Waals surface area (Å²) in [7, 11) is 0. The van der Waals surface area contributed by atoms with Crippen LogP contribution < -0.4 is 11.1 Å². The third-order valence-electron chi connectivity index (χ3n) is 4.02. The van der Waals surface area contributed by atoms with Crippen LogP contribution in [0.3, 0.4) is 0 Å². The molecule has 22 heavy (non-hydrogen) atoms. The molecule has 7 heteroatoms. The van der Waals surface area contributed by atoms with Crippen molar-refractivity contribution in [2.45, 2.75) is 19.3 Å². The van der Waals surface area contributed by atoms with Crippen LogP contribution in [0, 0.1) is 11.2 Å². The van der Waals surface area contributed by atoms with E-state index in [0.717, 1.165) is 5.56 Å². The van der Waals surface area contributed by atoms with E-state index in [0.29, 0.717) is 50.6 Å². The summed E-state index contributed by atoms with van der Waals surface area (Å²) in [4.78, 5) is 12.3. The van der Waals surface area contributed by atoms with E-state index in [-0.39, 0.29) is 24.1 Å². The average molecular weight is 351 g/mol. The van der Waals surface area contributed by atoms with Crippen molar-refractivity contribution in [2.75, 3.05) is 26.3 Å². The lowest BCUT2D eigenvalue weighted by Gasteiger charge is -2.34. The fraction of sp³-hybridized carbons (Fsp3) is 0.533. The van der Waals surface area contributed by atoms with E-state index in [9.17, 15) is 9.18 Å². The highest BCUT2D eigenvalue weighted by atomic mass is 35.5. The molecule has 1 fully saturated rings. The molecule has 0 unspecified atom stereocenters. The quantitative estimate of drug-likeness (QED) is 0.856. The average Bonchev–Trinajstić information content (AvgIpc) is 2.50. The zero-order valence-corrected chi connectivity index (χ0v) is 13.8. The number of halogens is 3. The molecule has 1 aliphatic rings. The highest BCUT2D eigenvalue weighted by Gasteiger charge is 2.38. The van der Waals surface area contributed by atoms with Crippen molar-refractivity contribution in [1.82, 2.24) is 5.32 Å². The number of carbonyl (C=O) groups excluding carboxylic acids is 1. The van der Waals surface area contributed by atoms with Crippen LogP contribution in [-0.2, 0) is 16.0 Å². The third-order valence-corrected chi connectivity index (χ3v) is 4.37. The molecule has 0 radical (unpaired) electrons. The van der Waals surface area contributed by atoms with Gasteiger partial charge in [0.15, 0.2) is 0 Å². The summed E-state index contributed by atoms with van der Waals surface area (Å²) in [6.07, 6.45) is 1.85. The Morgan fingerprint density at radius 3 is 2.68 bits per heavy atom. The molecule has 1 amide bonds. The second-order valence-corrected chi connectivity index (χ2v) is 5.75. The second-order valence-electron chi connectivity index (χ2n) is 5.34. The number of carbonyl (C=O) groups is 1. The molecule has 1 aromatic carbocycles. The molecule has 0 bridgehead atoms. The number of hydrogen-bond donors (Lipinski definition) is 2. The van der Waals surface area contributed by atoms with Gasteiger partial charge in [-0.25, -0.2) is 4.39 Å². The number of rotatable bonds is 5. The van der Waals surface area contributed by atoms with Gasteiger partial charge >= 0.3 is 0 Å². The lowest BCUT2D eigenvalue weighted by molar-refractivity contribution is -0.135. The normalized spacial score (nSPS) is 16.7. The molecule has 4 nitrogen and oxygen atoms in total. The van der Waals surface area contributed by atoms with Crippen LogP contribution >= 0.6 is 24.0 Å². The molecule has 1 aromatic rings. The van der Waals surface area contributed by atoms with Gasteiger partial charge in [0, 0.05) is 31.3 Å². The minimum Gasteiger partial charge on any atom is -0.381 e. The molecule has 1 aliphatic heterocycles. The lowest BCUT2D eigenvalue weighted by Crippen LogP contribution is -2.49. The number of ether oxygens (including phenoxy) is 1. The topological polar surface area (TPSA) is 64.4 Å². The summed E-state index contributed by atoms with van der Waals surface area (Å²) < 4.78 is 18.2. The predicted octanol–water partition coefficient (Wildman–Crippen LogP) is 2.32. The molecule has 2 rings (SSSR count). The summed E-state index contributed by atoms with van der Waals surface area (Å²) >= 11 is 5.96. The number of amides is 1. The summed E-state index contributed by atoms with van der Waals surface area (Å²) in [6.45, 7) is 1.90. The van der Waals surface area contributed by atoms with Crippen molar-refractivity contribution < 1.29 is 13.9 Å². The van der Waals surface area contributed by atoms with E-state index < -0.39 is 5.41 Å². The first-order valence-corrected chi connectivity index (χ1v) is 7.45. The molecule has 0 atom stereocenters. The summed E-state index contributed by atoms with van der Waals surface area (Å²) in [5, 5.41) is 3.29. The molecule has 1 heterocycles. The van der Waals surface area contributed by atoms with Crippen molar-refractivity contribution in [3.63, 3.8) is 0 Å². The van der Waals surface area contributed by atoms with Crippen LogP contribution in [0.15, 0.2) is 18.2 Å². The lowest BCUT2D eigenvalue weighted by atomic mass is 9.79. The van der Waals surface area contributed by atoms with Gasteiger partial charge in [-0.05, 0) is 37.0 Å². The van der Waals surface area contributed by atoms with Gasteiger partial charge in [-0.1, -0.05) is 17.7 Å². The molecule has 0 aliphatic carbocycles. The van der Waals surface area contributed by atoms with Crippen molar-refractivity contribution in [2.24, 2.45) is 11.1 Å². The Balaban J connectivity index is 0.00000242. The fourth-order valence-electron chi connectivity index (χ4n) is 2.51. The number of nitrogens with one attached hydrogen (secondary N) is 1. The molecular formula is C15H21Cl2FN2O2. The maximum Gasteiger partial charge on any atom is 0.227 e. The first-order chi connectivity index (χ1) is 10.1. The molecule has 0 spiro atoms. The smallest absolute Gasteiger partial charge is 0.227 e. The first kappa shape index (κ1) is 19.2. The Morgan fingerprint density at radius 2 is 2.09 bits per heavy atom. The minimum absolute atomic E-state index is 0. The number of hydrogen-bond acceptors (Lipinski definition) is 3. The minimum atomic E-state index is -0.523. The van der Waals surface area contributed by atoms with E-state index in [4.69, 9.17) is 22.1 Å². The maximum absolute atomic E-state index is 13.0. The predicted molar refractivity (Wildman–Crippen MR) is 86.9 cm³/mol. The molecule has 124 valence electrons. The van der Waals surface area contributed by atoms with E-state index in [2.05, 4.69) is 5.32 Å². The van der Waals surface area contributed by atoms with Crippen LogP contribution in [0.4, 0.5) is 4.39 Å². The van der Waals surface area contributed by atoms with Gasteiger partial charge in [0.25, 0.3) is 0 Å². The standard InChI is InChI=1S/C15H20ClFN2O2.ClH/c16-13-9-12(17)2-1-11(13)3-6-19-14(20)15(10-18)4-7-21-8-5-15;/h1-2,9H,3-8,10,18H2,(H,19,20);1H. The molecule has 3 N–H and O–H groups in total. The summed E-state index contributed by atoms with van der Waals surface area (Å²) in [6, 6.07) is 4.28. The van der Waals surface area contributed by atoms with Crippen LogP contribution in [0.25, 0.3) is 0 Å². The summed E-state index contributed by atoms with van der Waals surface area (Å²) in [5.41, 5.74) is 6.07. The van der Waals surface area contributed by atoms with Gasteiger partial charge in [-0.15, -0.1) is 12.4 Å². The van der Waals surface area contributed by atoms with E-state index >= 15 is 0 Å². The highest BCUT2D eigenvalue weighted by molar-refractivity contribution is 6.31. The fourth-order valence-corrected chi connectivity index (χ4v) is 2.77. The Kier molecular flexibility index (Phi) is 7.56. The van der Waals surface area contributed by atoms with Crippen molar-refractivity contribution in [3.8, 4) is 0 Å². The van der Waals surface area contributed by atoms with E-state index in [1.54, 1.807) is 6.07 Å². The van der Waals surface area contributed by atoms with Crippen molar-refractivity contribution in [3.05, 3.63) is 34.6 Å². The van der Waals surface area contributed by atoms with Gasteiger partial charge in [-0.3, -0.25) is 4.79 Å². The van der Waals surface area contributed by atoms with E-state index in [1.165, 1.54) is 12.1 Å². The second kappa shape index (κ2) is 8.67. The largest absolute Gasteiger partial charge is 0.381 e. The van der Waals surface area contributed by atoms with Crippen LogP contribution in [0.1, 0.15) is 18.4 Å². The first-order valence-electron chi connectivity index (χ1n) is 7.07. The molecule has 0 aromatic heterocycles. The van der Waals surface area contributed by atoms with Crippen LogP contribution in [0.2, 0.25) is 5.02 Å². The Bertz CT molecular complexity index is 508. The zero-order valence-electron chi connectivity index (χ0n) is 12.2. The zero-order chi connectivity index (χ0) is 15.3. The number of nitrogens with two attached hydrogens (primary N) is 1. The Hall–Kier alpha value is -0.880. The van der Waals surface area contributed by atoms with Gasteiger partial charge in [0.1, 0.15) is 5.82 Å². The Morgan fingerprint density at radius 1 is 1.41 bits per heavy atom. The van der Waals surface area contributed by atoms with Crippen molar-refractivity contribution >= 4 is 29.9 Å². The van der Waals surface area contributed by atoms with Crippen LogP contribution in [0.5, 0.6) is 0 Å². The third kappa shape index (κ3) is 4.56. The molecule has 1 saturated heterocycles. The SMILES string of the molecule is Cl.NCC1(C(=O)NCCc2ccc(F)cc2Cl)CCOCC1. The maximum atomic E-state index is 13.0. The van der Waals surface area contributed by atoms with Gasteiger partial charge in [0.2, 0.25) is 5.91 Å². The van der Waals surface area contributed by atoms with Gasteiger partial charge < -0.3 is 15.8 Å². The number of benzene rings is 1. The van der Waals surface area contributed by atoms with Crippen molar-refractivity contribution in [1.29, 1.82) is 0 Å². The van der Waals surface area contributed by atoms with Crippen LogP contribution in [-0.4, -0.2) is 32.2 Å². The van der Waals surface area contributed by atoms with Gasteiger partial charge in [-0.2, -0.15) is 0 Å². The molecular weight excluding hydrogens is 330 g/mol.